The summed E-state index contributed by atoms with van der Waals surface area (Å²) in [5, 5.41) is 0. The summed E-state index contributed by atoms with van der Waals surface area (Å²) in [5.41, 5.74) is 2.48. The van der Waals surface area contributed by atoms with E-state index in [4.69, 9.17) is 0 Å². The van der Waals surface area contributed by atoms with Gasteiger partial charge in [0.05, 0.1) is 5.52 Å². The zero-order chi connectivity index (χ0) is 13.2. The quantitative estimate of drug-likeness (QED) is 0.693. The Labute approximate surface area is 119 Å². The van der Waals surface area contributed by atoms with Crippen molar-refractivity contribution in [2.24, 2.45) is 0 Å². The molecule has 0 aliphatic carbocycles. The smallest absolute Gasteiger partial charge is 0.170 e. The molecule has 0 N–H and O–H groups in total. The molecule has 3 rings (SSSR count). The van der Waals surface area contributed by atoms with E-state index in [1.54, 1.807) is 0 Å². The summed E-state index contributed by atoms with van der Waals surface area (Å²) < 4.78 is 2.90. The number of rotatable bonds is 3. The van der Waals surface area contributed by atoms with Crippen molar-refractivity contribution in [2.75, 3.05) is 0 Å². The molecule has 0 amide bonds. The molecule has 19 heavy (non-hydrogen) atoms. The van der Waals surface area contributed by atoms with Crippen molar-refractivity contribution in [1.29, 1.82) is 0 Å². The van der Waals surface area contributed by atoms with E-state index in [2.05, 4.69) is 33.0 Å². The molecular formula is C15H11BrN2O. The van der Waals surface area contributed by atoms with Crippen molar-refractivity contribution in [3.05, 3.63) is 70.2 Å². The van der Waals surface area contributed by atoms with Crippen molar-refractivity contribution in [1.82, 2.24) is 9.38 Å². The van der Waals surface area contributed by atoms with Gasteiger partial charge in [-0.25, -0.2) is 4.98 Å². The molecule has 0 saturated carbocycles. The summed E-state index contributed by atoms with van der Waals surface area (Å²) in [6.07, 6.45) is 3.44. The lowest BCUT2D eigenvalue weighted by molar-refractivity contribution is 0.112. The summed E-state index contributed by atoms with van der Waals surface area (Å²) in [6.45, 7) is 0. The number of nitrogens with zero attached hydrogens (tertiary/aromatic N) is 2. The molecule has 4 heteroatoms. The largest absolute Gasteiger partial charge is 0.303 e. The molecule has 0 atom stereocenters. The maximum atomic E-state index is 11.1. The van der Waals surface area contributed by atoms with Gasteiger partial charge in [0.2, 0.25) is 0 Å². The standard InChI is InChI=1S/C15H11BrN2O/c16-12-6-7-18-14(9-12)13(10-19)17-15(18)8-11-4-2-1-3-5-11/h1-7,9-10H,8H2. The van der Waals surface area contributed by atoms with E-state index < -0.39 is 0 Å². The van der Waals surface area contributed by atoms with Crippen LogP contribution in [0.2, 0.25) is 0 Å². The Bertz CT molecular complexity index is 734. The van der Waals surface area contributed by atoms with Crippen LogP contribution in [-0.4, -0.2) is 15.7 Å². The monoisotopic (exact) mass is 314 g/mol. The van der Waals surface area contributed by atoms with Gasteiger partial charge >= 0.3 is 0 Å². The lowest BCUT2D eigenvalue weighted by atomic mass is 10.1. The number of aldehydes is 1. The van der Waals surface area contributed by atoms with E-state index in [0.717, 1.165) is 22.1 Å². The Balaban J connectivity index is 2.11. The highest BCUT2D eigenvalue weighted by atomic mass is 79.9. The Hall–Kier alpha value is -1.94. The molecule has 0 radical (unpaired) electrons. The average molecular weight is 315 g/mol. The molecule has 0 unspecified atom stereocenters. The van der Waals surface area contributed by atoms with E-state index in [-0.39, 0.29) is 0 Å². The molecule has 94 valence electrons. The number of hydrogen-bond acceptors (Lipinski definition) is 2. The van der Waals surface area contributed by atoms with Gasteiger partial charge in [-0.2, -0.15) is 0 Å². The third kappa shape index (κ3) is 2.31. The van der Waals surface area contributed by atoms with Crippen LogP contribution < -0.4 is 0 Å². The third-order valence-electron chi connectivity index (χ3n) is 3.02. The van der Waals surface area contributed by atoms with E-state index in [1.165, 1.54) is 5.56 Å². The van der Waals surface area contributed by atoms with Crippen LogP contribution in [0.4, 0.5) is 0 Å². The van der Waals surface area contributed by atoms with Crippen LogP contribution >= 0.6 is 15.9 Å². The average Bonchev–Trinajstić information content (AvgIpc) is 2.77. The van der Waals surface area contributed by atoms with Crippen LogP contribution in [0.5, 0.6) is 0 Å². The second-order valence-corrected chi connectivity index (χ2v) is 5.21. The van der Waals surface area contributed by atoms with E-state index in [0.29, 0.717) is 12.1 Å². The number of fused-ring (bicyclic) bond motifs is 1. The minimum Gasteiger partial charge on any atom is -0.303 e. The van der Waals surface area contributed by atoms with Crippen LogP contribution in [0.1, 0.15) is 21.9 Å². The van der Waals surface area contributed by atoms with Crippen molar-refractivity contribution in [3.8, 4) is 0 Å². The van der Waals surface area contributed by atoms with Gasteiger partial charge in [0.15, 0.2) is 6.29 Å². The van der Waals surface area contributed by atoms with Crippen molar-refractivity contribution in [3.63, 3.8) is 0 Å². The molecule has 3 nitrogen and oxygen atoms in total. The van der Waals surface area contributed by atoms with E-state index >= 15 is 0 Å². The predicted molar refractivity (Wildman–Crippen MR) is 77.5 cm³/mol. The van der Waals surface area contributed by atoms with Crippen LogP contribution in [-0.2, 0) is 6.42 Å². The van der Waals surface area contributed by atoms with Crippen molar-refractivity contribution in [2.45, 2.75) is 6.42 Å². The highest BCUT2D eigenvalue weighted by Crippen LogP contribution is 2.19. The maximum absolute atomic E-state index is 11.1. The molecule has 2 heterocycles. The lowest BCUT2D eigenvalue weighted by Crippen LogP contribution is -1.95. The fourth-order valence-electron chi connectivity index (χ4n) is 2.14. The molecule has 0 spiro atoms. The van der Waals surface area contributed by atoms with Gasteiger partial charge in [-0.05, 0) is 17.7 Å². The van der Waals surface area contributed by atoms with Crippen molar-refractivity contribution >= 4 is 27.7 Å². The molecule has 0 bridgehead atoms. The van der Waals surface area contributed by atoms with Gasteiger partial charge in [0.25, 0.3) is 0 Å². The number of hydrogen-bond donors (Lipinski definition) is 0. The van der Waals surface area contributed by atoms with E-state index in [1.807, 2.05) is 40.9 Å². The first-order valence-electron chi connectivity index (χ1n) is 5.93. The molecule has 2 aromatic heterocycles. The Morgan fingerprint density at radius 3 is 2.74 bits per heavy atom. The Kier molecular flexibility index (Phi) is 3.17. The lowest BCUT2D eigenvalue weighted by Gasteiger charge is -2.01. The first kappa shape index (κ1) is 12.1. The van der Waals surface area contributed by atoms with Crippen LogP contribution in [0.15, 0.2) is 53.1 Å². The predicted octanol–water partition coefficient (Wildman–Crippen LogP) is 3.50. The van der Waals surface area contributed by atoms with Crippen LogP contribution in [0.25, 0.3) is 5.52 Å². The first-order valence-corrected chi connectivity index (χ1v) is 6.73. The summed E-state index contributed by atoms with van der Waals surface area (Å²) in [4.78, 5) is 15.5. The number of imidazole rings is 1. The van der Waals surface area contributed by atoms with Crippen LogP contribution in [0, 0.1) is 0 Å². The molecule has 0 saturated heterocycles. The number of aromatic nitrogens is 2. The number of pyridine rings is 1. The molecule has 3 aromatic rings. The highest BCUT2D eigenvalue weighted by molar-refractivity contribution is 9.10. The maximum Gasteiger partial charge on any atom is 0.170 e. The number of halogens is 1. The fraction of sp³-hybridized carbons (Fsp3) is 0.0667. The molecule has 1 aromatic carbocycles. The number of carbonyl (C=O) groups excluding carboxylic acids is 1. The normalized spacial score (nSPS) is 10.8. The Morgan fingerprint density at radius 2 is 2.00 bits per heavy atom. The second-order valence-electron chi connectivity index (χ2n) is 4.29. The first-order chi connectivity index (χ1) is 9.28. The zero-order valence-electron chi connectivity index (χ0n) is 10.1. The van der Waals surface area contributed by atoms with E-state index in [9.17, 15) is 4.79 Å². The van der Waals surface area contributed by atoms with Gasteiger partial charge in [-0.3, -0.25) is 4.79 Å². The van der Waals surface area contributed by atoms with Gasteiger partial charge < -0.3 is 4.40 Å². The van der Waals surface area contributed by atoms with Crippen LogP contribution in [0.3, 0.4) is 0 Å². The van der Waals surface area contributed by atoms with Crippen molar-refractivity contribution < 1.29 is 4.79 Å². The SMILES string of the molecule is O=Cc1nc(Cc2ccccc2)n2ccc(Br)cc12. The number of carbonyl (C=O) groups is 1. The molecule has 0 aliphatic heterocycles. The van der Waals surface area contributed by atoms with Gasteiger partial charge in [-0.1, -0.05) is 46.3 Å². The van der Waals surface area contributed by atoms with Gasteiger partial charge in [0, 0.05) is 17.1 Å². The van der Waals surface area contributed by atoms with Gasteiger partial charge in [-0.15, -0.1) is 0 Å². The zero-order valence-corrected chi connectivity index (χ0v) is 11.7. The molecule has 0 aliphatic rings. The highest BCUT2D eigenvalue weighted by Gasteiger charge is 2.11. The summed E-state index contributed by atoms with van der Waals surface area (Å²) in [7, 11) is 0. The Morgan fingerprint density at radius 1 is 1.21 bits per heavy atom. The minimum atomic E-state index is 0.479. The molecular weight excluding hydrogens is 304 g/mol. The fourth-order valence-corrected chi connectivity index (χ4v) is 2.47. The topological polar surface area (TPSA) is 34.4 Å². The summed E-state index contributed by atoms with van der Waals surface area (Å²) in [5.74, 6) is 0.871. The summed E-state index contributed by atoms with van der Waals surface area (Å²) >= 11 is 3.41. The molecule has 0 fully saturated rings. The minimum absolute atomic E-state index is 0.479. The number of benzene rings is 1. The third-order valence-corrected chi connectivity index (χ3v) is 3.52. The van der Waals surface area contributed by atoms with Gasteiger partial charge in [0.1, 0.15) is 11.5 Å². The summed E-state index contributed by atoms with van der Waals surface area (Å²) in [6, 6.07) is 14.0. The second kappa shape index (κ2) is 4.97.